The molecule has 0 saturated carbocycles. The van der Waals surface area contributed by atoms with Crippen LogP contribution in [0, 0.1) is 16.7 Å². The topological polar surface area (TPSA) is 49.4 Å². The highest BCUT2D eigenvalue weighted by molar-refractivity contribution is 5.97. The van der Waals surface area contributed by atoms with Crippen LogP contribution in [0.1, 0.15) is 55.4 Å². The van der Waals surface area contributed by atoms with E-state index in [2.05, 4.69) is 33.0 Å². The van der Waals surface area contributed by atoms with Crippen molar-refractivity contribution in [1.82, 2.24) is 10.2 Å². The maximum absolute atomic E-state index is 12.7. The number of carbonyl (C=O) groups is 2. The lowest BCUT2D eigenvalue weighted by Crippen LogP contribution is -2.67. The lowest BCUT2D eigenvalue weighted by molar-refractivity contribution is -0.153. The summed E-state index contributed by atoms with van der Waals surface area (Å²) in [5.41, 5.74) is -0.281. The molecule has 0 aromatic heterocycles. The molecule has 1 rings (SSSR count). The van der Waals surface area contributed by atoms with Crippen LogP contribution in [0.25, 0.3) is 0 Å². The van der Waals surface area contributed by atoms with Gasteiger partial charge in [-0.25, -0.2) is 0 Å². The van der Waals surface area contributed by atoms with Crippen LogP contribution in [0.4, 0.5) is 0 Å². The minimum atomic E-state index is -0.436. The van der Waals surface area contributed by atoms with Gasteiger partial charge in [-0.05, 0) is 23.7 Å². The number of carbonyl (C=O) groups excluding carboxylic acids is 2. The second kappa shape index (κ2) is 5.38. The summed E-state index contributed by atoms with van der Waals surface area (Å²) in [6.45, 7) is 17.0. The third kappa shape index (κ3) is 3.33. The summed E-state index contributed by atoms with van der Waals surface area (Å²) in [7, 11) is 0. The molecule has 20 heavy (non-hydrogen) atoms. The zero-order valence-corrected chi connectivity index (χ0v) is 14.2. The molecule has 1 fully saturated rings. The largest absolute Gasteiger partial charge is 0.342 e. The lowest BCUT2D eigenvalue weighted by Gasteiger charge is -2.45. The number of hydrogen-bond donors (Lipinski definition) is 1. The normalized spacial score (nSPS) is 25.1. The fourth-order valence-electron chi connectivity index (χ4n) is 2.25. The molecule has 1 aliphatic rings. The van der Waals surface area contributed by atoms with E-state index in [0.29, 0.717) is 12.5 Å². The number of rotatable bonds is 3. The molecule has 2 amide bonds. The zero-order valence-electron chi connectivity index (χ0n) is 14.2. The Morgan fingerprint density at radius 1 is 1.15 bits per heavy atom. The smallest absolute Gasteiger partial charge is 0.246 e. The second-order valence-corrected chi connectivity index (χ2v) is 8.09. The number of hydrogen-bond acceptors (Lipinski definition) is 2. The summed E-state index contributed by atoms with van der Waals surface area (Å²) in [6.07, 6.45) is 0. The van der Waals surface area contributed by atoms with Gasteiger partial charge in [0.25, 0.3) is 0 Å². The monoisotopic (exact) mass is 282 g/mol. The van der Waals surface area contributed by atoms with Crippen LogP contribution in [0.15, 0.2) is 0 Å². The van der Waals surface area contributed by atoms with Crippen molar-refractivity contribution in [2.45, 2.75) is 67.5 Å². The number of piperazine rings is 1. The predicted molar refractivity (Wildman–Crippen MR) is 81.2 cm³/mol. The van der Waals surface area contributed by atoms with E-state index in [-0.39, 0.29) is 28.7 Å². The quantitative estimate of drug-likeness (QED) is 0.864. The van der Waals surface area contributed by atoms with Crippen LogP contribution in [0.5, 0.6) is 0 Å². The molecule has 2 atom stereocenters. The van der Waals surface area contributed by atoms with Crippen molar-refractivity contribution in [3.8, 4) is 0 Å². The van der Waals surface area contributed by atoms with Crippen LogP contribution in [-0.2, 0) is 9.59 Å². The van der Waals surface area contributed by atoms with Crippen molar-refractivity contribution in [3.63, 3.8) is 0 Å². The first-order chi connectivity index (χ1) is 8.88. The summed E-state index contributed by atoms with van der Waals surface area (Å²) in [4.78, 5) is 26.7. The molecule has 2 unspecified atom stereocenters. The second-order valence-electron chi connectivity index (χ2n) is 8.09. The minimum Gasteiger partial charge on any atom is -0.342 e. The van der Waals surface area contributed by atoms with Crippen LogP contribution in [0.2, 0.25) is 0 Å². The molecule has 0 aromatic rings. The Kier molecular flexibility index (Phi) is 4.57. The molecular formula is C16H30N2O2. The maximum Gasteiger partial charge on any atom is 0.246 e. The third-order valence-corrected chi connectivity index (χ3v) is 4.67. The summed E-state index contributed by atoms with van der Waals surface area (Å²) in [5, 5.41) is 2.87. The van der Waals surface area contributed by atoms with E-state index >= 15 is 0 Å². The van der Waals surface area contributed by atoms with Gasteiger partial charge in [-0.1, -0.05) is 48.5 Å². The van der Waals surface area contributed by atoms with Crippen LogP contribution in [0.3, 0.4) is 0 Å². The van der Waals surface area contributed by atoms with E-state index in [4.69, 9.17) is 0 Å². The molecule has 4 nitrogen and oxygen atoms in total. The Morgan fingerprint density at radius 3 is 2.05 bits per heavy atom. The predicted octanol–water partition coefficient (Wildman–Crippen LogP) is 2.43. The van der Waals surface area contributed by atoms with Gasteiger partial charge in [-0.15, -0.1) is 0 Å². The minimum absolute atomic E-state index is 0.00995. The Morgan fingerprint density at radius 2 is 1.65 bits per heavy atom. The van der Waals surface area contributed by atoms with E-state index in [1.165, 1.54) is 0 Å². The maximum atomic E-state index is 12.7. The molecule has 116 valence electrons. The molecule has 0 aromatic carbocycles. The third-order valence-electron chi connectivity index (χ3n) is 4.67. The van der Waals surface area contributed by atoms with Crippen molar-refractivity contribution >= 4 is 11.8 Å². The van der Waals surface area contributed by atoms with Gasteiger partial charge in [0.15, 0.2) is 0 Å². The van der Waals surface area contributed by atoms with Crippen LogP contribution >= 0.6 is 0 Å². The lowest BCUT2D eigenvalue weighted by atomic mass is 9.79. The van der Waals surface area contributed by atoms with E-state index in [0.717, 1.165) is 0 Å². The molecule has 4 heteroatoms. The summed E-state index contributed by atoms with van der Waals surface area (Å²) < 4.78 is 0. The molecule has 1 heterocycles. The molecular weight excluding hydrogens is 252 g/mol. The van der Waals surface area contributed by atoms with Gasteiger partial charge in [0, 0.05) is 6.54 Å². The first-order valence-corrected chi connectivity index (χ1v) is 7.49. The molecule has 1 N–H and O–H groups in total. The van der Waals surface area contributed by atoms with E-state index in [1.54, 1.807) is 4.90 Å². The molecule has 0 bridgehead atoms. The summed E-state index contributed by atoms with van der Waals surface area (Å²) in [5.74, 6) is 0.433. The first kappa shape index (κ1) is 17.0. The Balaban J connectivity index is 3.03. The number of nitrogens with zero attached hydrogens (tertiary/aromatic N) is 1. The summed E-state index contributed by atoms with van der Waals surface area (Å²) in [6, 6.07) is -0.826. The van der Waals surface area contributed by atoms with Crippen LogP contribution in [-0.4, -0.2) is 35.3 Å². The number of amides is 2. The molecule has 1 aliphatic heterocycles. The van der Waals surface area contributed by atoms with Gasteiger partial charge in [-0.3, -0.25) is 9.59 Å². The Hall–Kier alpha value is -1.06. The molecule has 0 spiro atoms. The number of nitrogens with one attached hydrogen (secondary N) is 1. The van der Waals surface area contributed by atoms with E-state index in [1.807, 2.05) is 27.7 Å². The van der Waals surface area contributed by atoms with Crippen molar-refractivity contribution in [2.24, 2.45) is 16.7 Å². The Labute approximate surface area is 123 Å². The van der Waals surface area contributed by atoms with Crippen molar-refractivity contribution in [2.75, 3.05) is 6.54 Å². The van der Waals surface area contributed by atoms with Gasteiger partial charge in [-0.2, -0.15) is 0 Å². The van der Waals surface area contributed by atoms with Crippen molar-refractivity contribution in [3.05, 3.63) is 0 Å². The van der Waals surface area contributed by atoms with Gasteiger partial charge in [0.2, 0.25) is 11.8 Å². The van der Waals surface area contributed by atoms with Gasteiger partial charge in [0.1, 0.15) is 12.1 Å². The van der Waals surface area contributed by atoms with E-state index < -0.39 is 6.04 Å². The zero-order chi connectivity index (χ0) is 15.9. The highest BCUT2D eigenvalue weighted by Crippen LogP contribution is 2.31. The van der Waals surface area contributed by atoms with Gasteiger partial charge < -0.3 is 10.2 Å². The molecule has 1 saturated heterocycles. The van der Waals surface area contributed by atoms with Crippen molar-refractivity contribution in [1.29, 1.82) is 0 Å². The van der Waals surface area contributed by atoms with Crippen molar-refractivity contribution < 1.29 is 9.59 Å². The average molecular weight is 282 g/mol. The highest BCUT2D eigenvalue weighted by atomic mass is 16.2. The SMILES string of the molecule is CC1C(=O)NC(C(C)(C)C)C(=O)N1CC(C)(C)C(C)C. The van der Waals surface area contributed by atoms with Gasteiger partial charge >= 0.3 is 0 Å². The Bertz CT molecular complexity index is 394. The summed E-state index contributed by atoms with van der Waals surface area (Å²) >= 11 is 0. The first-order valence-electron chi connectivity index (χ1n) is 7.49. The molecule has 0 aliphatic carbocycles. The van der Waals surface area contributed by atoms with E-state index in [9.17, 15) is 9.59 Å². The fourth-order valence-corrected chi connectivity index (χ4v) is 2.25. The average Bonchev–Trinajstić information content (AvgIpc) is 2.27. The van der Waals surface area contributed by atoms with Crippen LogP contribution < -0.4 is 5.32 Å². The standard InChI is InChI=1S/C16H30N2O2/c1-10(2)16(7,8)9-18-11(3)13(19)17-12(14(18)20)15(4,5)6/h10-12H,9H2,1-8H3,(H,17,19). The fraction of sp³-hybridized carbons (Fsp3) is 0.875. The van der Waals surface area contributed by atoms with Gasteiger partial charge in [0.05, 0.1) is 0 Å². The molecule has 0 radical (unpaired) electrons. The highest BCUT2D eigenvalue weighted by Gasteiger charge is 2.45.